The maximum absolute atomic E-state index is 10.3. The molecule has 3 N–H and O–H groups in total. The molecule has 1 rings (SSSR count). The smallest absolute Gasteiger partial charge is 0.101 e. The molecule has 0 saturated heterocycles. The van der Waals surface area contributed by atoms with Crippen molar-refractivity contribution >= 4 is 11.3 Å². The van der Waals surface area contributed by atoms with E-state index in [1.165, 1.54) is 0 Å². The summed E-state index contributed by atoms with van der Waals surface area (Å²) in [4.78, 5) is 0. The van der Waals surface area contributed by atoms with E-state index in [-0.39, 0.29) is 12.5 Å². The molecule has 88 valence electrons. The number of rotatable bonds is 3. The first kappa shape index (κ1) is 12.8. The van der Waals surface area contributed by atoms with Crippen molar-refractivity contribution in [2.24, 2.45) is 5.92 Å². The molecule has 0 spiro atoms. The molecule has 0 heterocycles. The molecule has 4 atom stereocenters. The van der Waals surface area contributed by atoms with E-state index in [0.717, 1.165) is 5.57 Å². The van der Waals surface area contributed by atoms with Gasteiger partial charge in [-0.15, -0.1) is 0 Å². The van der Waals surface area contributed by atoms with Crippen LogP contribution in [0.5, 0.6) is 0 Å². The molecule has 0 amide bonds. The van der Waals surface area contributed by atoms with Gasteiger partial charge in [0.2, 0.25) is 0 Å². The topological polar surface area (TPSA) is 92.6 Å². The van der Waals surface area contributed by atoms with E-state index in [4.69, 9.17) is 0 Å². The van der Waals surface area contributed by atoms with Crippen molar-refractivity contribution in [3.63, 3.8) is 0 Å². The maximum Gasteiger partial charge on any atom is 0.101 e. The summed E-state index contributed by atoms with van der Waals surface area (Å²) in [6.07, 6.45) is -1.04. The van der Waals surface area contributed by atoms with Crippen LogP contribution in [0.15, 0.2) is 11.1 Å². The Labute approximate surface area is 91.6 Å². The number of aliphatic hydroxyl groups is 2. The molecular weight excluding hydrogens is 218 g/mol. The molecule has 0 bridgehead atoms. The summed E-state index contributed by atoms with van der Waals surface area (Å²) in [5.74, 6) is -0.0550. The van der Waals surface area contributed by atoms with Crippen LogP contribution in [0.1, 0.15) is 20.3 Å². The Bertz CT molecular complexity index is 292. The largest absolute Gasteiger partial charge is 0.760 e. The van der Waals surface area contributed by atoms with Crippen molar-refractivity contribution in [1.82, 2.24) is 4.72 Å². The minimum absolute atomic E-state index is 0.0550. The lowest BCUT2D eigenvalue weighted by Crippen LogP contribution is -2.39. The Morgan fingerprint density at radius 2 is 2.20 bits per heavy atom. The third-order valence-electron chi connectivity index (χ3n) is 2.88. The van der Waals surface area contributed by atoms with Crippen molar-refractivity contribution < 1.29 is 19.0 Å². The molecule has 0 saturated carbocycles. The Morgan fingerprint density at radius 1 is 1.60 bits per heavy atom. The highest BCUT2D eigenvalue weighted by atomic mass is 32.2. The van der Waals surface area contributed by atoms with Gasteiger partial charge in [-0.2, -0.15) is 0 Å². The van der Waals surface area contributed by atoms with Gasteiger partial charge in [0.05, 0.1) is 6.10 Å². The van der Waals surface area contributed by atoms with E-state index < -0.39 is 23.5 Å². The molecule has 0 aliphatic heterocycles. The molecule has 0 fully saturated rings. The third-order valence-corrected chi connectivity index (χ3v) is 3.26. The Balaban J connectivity index is 2.73. The van der Waals surface area contributed by atoms with Crippen molar-refractivity contribution in [3.8, 4) is 0 Å². The van der Waals surface area contributed by atoms with E-state index in [0.29, 0.717) is 12.0 Å². The quantitative estimate of drug-likeness (QED) is 0.451. The van der Waals surface area contributed by atoms with Crippen molar-refractivity contribution in [2.75, 3.05) is 6.54 Å². The van der Waals surface area contributed by atoms with E-state index in [9.17, 15) is 19.0 Å². The first-order valence-electron chi connectivity index (χ1n) is 4.81. The van der Waals surface area contributed by atoms with E-state index in [2.05, 4.69) is 4.72 Å². The predicted octanol–water partition coefficient (Wildman–Crippen LogP) is -0.552. The van der Waals surface area contributed by atoms with Crippen LogP contribution in [0.3, 0.4) is 0 Å². The number of aliphatic hydroxyl groups excluding tert-OH is 2. The summed E-state index contributed by atoms with van der Waals surface area (Å²) < 4.78 is 22.9. The fourth-order valence-corrected chi connectivity index (χ4v) is 2.10. The molecule has 4 unspecified atom stereocenters. The van der Waals surface area contributed by atoms with Crippen LogP contribution in [0.2, 0.25) is 0 Å². The van der Waals surface area contributed by atoms with Gasteiger partial charge in [-0.1, -0.05) is 12.5 Å². The molecule has 0 aromatic carbocycles. The lowest BCUT2D eigenvalue weighted by Gasteiger charge is -2.32. The summed E-state index contributed by atoms with van der Waals surface area (Å²) in [6, 6.07) is 0. The van der Waals surface area contributed by atoms with Gasteiger partial charge in [-0.3, -0.25) is 4.21 Å². The predicted molar refractivity (Wildman–Crippen MR) is 55.4 cm³/mol. The molecule has 0 aromatic heterocycles. The van der Waals surface area contributed by atoms with Gasteiger partial charge in [-0.05, 0) is 24.8 Å². The number of hydrogen-bond acceptors (Lipinski definition) is 4. The Morgan fingerprint density at radius 3 is 2.73 bits per heavy atom. The van der Waals surface area contributed by atoms with Crippen LogP contribution in [-0.2, 0) is 11.3 Å². The lowest BCUT2D eigenvalue weighted by molar-refractivity contribution is -0.00135. The van der Waals surface area contributed by atoms with Crippen LogP contribution >= 0.6 is 0 Å². The summed E-state index contributed by atoms with van der Waals surface area (Å²) in [6.45, 7) is 3.75. The van der Waals surface area contributed by atoms with Gasteiger partial charge in [0, 0.05) is 17.8 Å². The summed E-state index contributed by atoms with van der Waals surface area (Å²) in [5.41, 5.74) is 1.52. The number of hydrogen-bond donors (Lipinski definition) is 3. The average Bonchev–Trinajstić information content (AvgIpc) is 2.18. The van der Waals surface area contributed by atoms with Crippen molar-refractivity contribution in [2.45, 2.75) is 32.5 Å². The first-order valence-corrected chi connectivity index (χ1v) is 5.88. The first-order chi connectivity index (χ1) is 6.93. The minimum Gasteiger partial charge on any atom is -0.760 e. The molecule has 0 aromatic rings. The van der Waals surface area contributed by atoms with Crippen LogP contribution in [-0.4, -0.2) is 37.7 Å². The van der Waals surface area contributed by atoms with Crippen LogP contribution in [0.4, 0.5) is 0 Å². The molecular formula is C9H16NO4S-. The van der Waals surface area contributed by atoms with Crippen molar-refractivity contribution in [3.05, 3.63) is 11.1 Å². The minimum atomic E-state index is -2.29. The second kappa shape index (κ2) is 5.18. The highest BCUT2D eigenvalue weighted by Crippen LogP contribution is 2.29. The van der Waals surface area contributed by atoms with Crippen molar-refractivity contribution in [1.29, 1.82) is 0 Å². The second-order valence-electron chi connectivity index (χ2n) is 3.96. The summed E-state index contributed by atoms with van der Waals surface area (Å²) in [5, 5.41) is 19.2. The molecule has 6 heteroatoms. The molecule has 1 aliphatic rings. The van der Waals surface area contributed by atoms with Gasteiger partial charge >= 0.3 is 0 Å². The van der Waals surface area contributed by atoms with E-state index in [1.807, 2.05) is 6.92 Å². The second-order valence-corrected chi connectivity index (χ2v) is 4.72. The molecule has 5 nitrogen and oxygen atoms in total. The molecule has 15 heavy (non-hydrogen) atoms. The standard InChI is InChI=1S/C9H17NO4S/c1-5-3-7(4-10-15(13)14)6(2)9(12)8(5)11/h5,8-12H,3-4H2,1-2H3,(H,13,14)/p-1. The average molecular weight is 234 g/mol. The van der Waals surface area contributed by atoms with Crippen LogP contribution in [0, 0.1) is 5.92 Å². The number of nitrogens with one attached hydrogen (secondary N) is 1. The van der Waals surface area contributed by atoms with E-state index in [1.54, 1.807) is 6.92 Å². The lowest BCUT2D eigenvalue weighted by atomic mass is 9.81. The van der Waals surface area contributed by atoms with Gasteiger partial charge in [-0.25, -0.2) is 4.72 Å². The monoisotopic (exact) mass is 234 g/mol. The highest BCUT2D eigenvalue weighted by Gasteiger charge is 2.31. The zero-order valence-corrected chi connectivity index (χ0v) is 9.58. The van der Waals surface area contributed by atoms with Crippen LogP contribution in [0.25, 0.3) is 0 Å². The van der Waals surface area contributed by atoms with Gasteiger partial charge in [0.1, 0.15) is 6.10 Å². The fraction of sp³-hybridized carbons (Fsp3) is 0.778. The zero-order chi connectivity index (χ0) is 11.6. The van der Waals surface area contributed by atoms with Gasteiger partial charge in [0.25, 0.3) is 0 Å². The van der Waals surface area contributed by atoms with Gasteiger partial charge in [0.15, 0.2) is 0 Å². The van der Waals surface area contributed by atoms with Gasteiger partial charge < -0.3 is 14.8 Å². The van der Waals surface area contributed by atoms with Crippen LogP contribution < -0.4 is 4.72 Å². The Kier molecular flexibility index (Phi) is 4.42. The molecule has 1 aliphatic carbocycles. The fourth-order valence-electron chi connectivity index (χ4n) is 1.80. The normalized spacial score (nSPS) is 34.3. The zero-order valence-electron chi connectivity index (χ0n) is 8.77. The summed E-state index contributed by atoms with van der Waals surface area (Å²) in [7, 11) is 0. The Hall–Kier alpha value is -0.270. The SMILES string of the molecule is CC1=C(CNS(=O)[O-])CC(C)C(O)C1O. The molecule has 0 radical (unpaired) electrons. The maximum atomic E-state index is 10.3. The third kappa shape index (κ3) is 3.09. The summed E-state index contributed by atoms with van der Waals surface area (Å²) >= 11 is -2.29. The van der Waals surface area contributed by atoms with E-state index >= 15 is 0 Å². The highest BCUT2D eigenvalue weighted by molar-refractivity contribution is 7.77.